The van der Waals surface area contributed by atoms with E-state index in [1.807, 2.05) is 6.26 Å². The van der Waals surface area contributed by atoms with Gasteiger partial charge < -0.3 is 9.15 Å². The number of ether oxygens (including phenoxy) is 1. The molecule has 1 aromatic rings. The van der Waals surface area contributed by atoms with Crippen LogP contribution in [0.15, 0.2) is 28.9 Å². The van der Waals surface area contributed by atoms with Gasteiger partial charge in [0.1, 0.15) is 5.76 Å². The highest BCUT2D eigenvalue weighted by Gasteiger charge is 2.57. The average molecular weight is 442 g/mol. The van der Waals surface area contributed by atoms with Gasteiger partial charge in [-0.05, 0) is 101 Å². The first kappa shape index (κ1) is 23.6. The van der Waals surface area contributed by atoms with Gasteiger partial charge in [-0.1, -0.05) is 31.9 Å². The summed E-state index contributed by atoms with van der Waals surface area (Å²) >= 11 is 0. The zero-order valence-electron chi connectivity index (χ0n) is 20.8. The summed E-state index contributed by atoms with van der Waals surface area (Å²) in [5, 5.41) is 0. The Kier molecular flexibility index (Phi) is 6.91. The molecule has 3 fully saturated rings. The van der Waals surface area contributed by atoms with Crippen molar-refractivity contribution >= 4 is 5.97 Å². The van der Waals surface area contributed by atoms with Crippen molar-refractivity contribution in [1.82, 2.24) is 4.90 Å². The first-order valence-corrected chi connectivity index (χ1v) is 12.8. The minimum absolute atomic E-state index is 0.0209. The fourth-order valence-corrected chi connectivity index (χ4v) is 7.57. The Morgan fingerprint density at radius 2 is 2.06 bits per heavy atom. The van der Waals surface area contributed by atoms with Crippen LogP contribution in [0.3, 0.4) is 0 Å². The second-order valence-corrected chi connectivity index (χ2v) is 11.3. The van der Waals surface area contributed by atoms with Crippen LogP contribution >= 0.6 is 0 Å². The molecule has 178 valence electrons. The molecule has 4 nitrogen and oxygen atoms in total. The average Bonchev–Trinajstić information content (AvgIpc) is 3.21. The lowest BCUT2D eigenvalue weighted by atomic mass is 9.46. The smallest absolute Gasteiger partial charge is 0.311 e. The number of fused-ring (bicyclic) bond motifs is 1. The summed E-state index contributed by atoms with van der Waals surface area (Å²) in [7, 11) is 1.54. The number of carbonyl (C=O) groups excluding carboxylic acids is 1. The number of carbonyl (C=O) groups is 1. The van der Waals surface area contributed by atoms with Crippen molar-refractivity contribution < 1.29 is 13.9 Å². The lowest BCUT2D eigenvalue weighted by Gasteiger charge is -2.57. The fraction of sp³-hybridized carbons (Fsp3) is 0.750. The third-order valence-corrected chi connectivity index (χ3v) is 9.50. The lowest BCUT2D eigenvalue weighted by molar-refractivity contribution is -0.168. The molecule has 2 aliphatic carbocycles. The standard InChI is InChI=1S/C28H43NO3/c1-20-10-13-25-27(3,15-8-16-28(25,4)26(30)31-5)23(20)12-11-22-14-18-32-24(22)19-29-17-7-6-9-21(29)2/h14,18,21,23,25H,1,6-13,15-17,19H2,2-5H3/t21-,23-,25-,27+,28+/m0/s1. The Morgan fingerprint density at radius 3 is 2.81 bits per heavy atom. The third-order valence-electron chi connectivity index (χ3n) is 9.50. The molecule has 0 unspecified atom stereocenters. The van der Waals surface area contributed by atoms with Crippen molar-refractivity contribution in [2.75, 3.05) is 13.7 Å². The molecule has 1 saturated heterocycles. The quantitative estimate of drug-likeness (QED) is 0.371. The number of hydrogen-bond donors (Lipinski definition) is 0. The summed E-state index contributed by atoms with van der Waals surface area (Å²) < 4.78 is 11.3. The van der Waals surface area contributed by atoms with Crippen LogP contribution in [0, 0.1) is 22.7 Å². The number of piperidine rings is 1. The third kappa shape index (κ3) is 4.20. The van der Waals surface area contributed by atoms with Crippen LogP contribution in [0.25, 0.3) is 0 Å². The molecule has 32 heavy (non-hydrogen) atoms. The molecule has 4 rings (SSSR count). The zero-order chi connectivity index (χ0) is 22.9. The number of aryl methyl sites for hydroxylation is 1. The van der Waals surface area contributed by atoms with Crippen molar-refractivity contribution in [3.8, 4) is 0 Å². The Hall–Kier alpha value is -1.55. The number of allylic oxidation sites excluding steroid dienone is 1. The van der Waals surface area contributed by atoms with Gasteiger partial charge in [-0.15, -0.1) is 0 Å². The molecule has 1 aliphatic heterocycles. The van der Waals surface area contributed by atoms with Gasteiger partial charge >= 0.3 is 5.97 Å². The Bertz CT molecular complexity index is 828. The van der Waals surface area contributed by atoms with E-state index in [9.17, 15) is 4.79 Å². The highest BCUT2D eigenvalue weighted by atomic mass is 16.5. The number of methoxy groups -OCH3 is 1. The number of rotatable bonds is 6. The molecule has 0 bridgehead atoms. The number of furan rings is 1. The van der Waals surface area contributed by atoms with E-state index in [0.717, 1.165) is 50.8 Å². The van der Waals surface area contributed by atoms with E-state index in [0.29, 0.717) is 17.9 Å². The number of esters is 1. The van der Waals surface area contributed by atoms with Gasteiger partial charge in [0.15, 0.2) is 0 Å². The van der Waals surface area contributed by atoms with E-state index in [1.165, 1.54) is 43.4 Å². The minimum Gasteiger partial charge on any atom is -0.469 e. The van der Waals surface area contributed by atoms with Crippen LogP contribution in [0.4, 0.5) is 0 Å². The van der Waals surface area contributed by atoms with Gasteiger partial charge in [-0.2, -0.15) is 0 Å². The SMILES string of the molecule is C=C1CC[C@H]2[C@](C)(CCC[C@@]2(C)C(=O)OC)[C@H]1CCc1ccoc1CN1CCCC[C@@H]1C. The Morgan fingerprint density at radius 1 is 1.25 bits per heavy atom. The molecular weight excluding hydrogens is 398 g/mol. The van der Waals surface area contributed by atoms with E-state index in [2.05, 4.69) is 38.3 Å². The first-order valence-electron chi connectivity index (χ1n) is 12.8. The van der Waals surface area contributed by atoms with E-state index < -0.39 is 0 Å². The first-order chi connectivity index (χ1) is 15.3. The summed E-state index contributed by atoms with van der Waals surface area (Å²) in [6.07, 6.45) is 13.2. The predicted molar refractivity (Wildman–Crippen MR) is 128 cm³/mol. The molecule has 1 aromatic heterocycles. The fourth-order valence-electron chi connectivity index (χ4n) is 7.57. The van der Waals surface area contributed by atoms with E-state index in [1.54, 1.807) is 7.11 Å². The normalized spacial score (nSPS) is 36.0. The molecule has 0 radical (unpaired) electrons. The maximum atomic E-state index is 12.8. The molecular formula is C28H43NO3. The van der Waals surface area contributed by atoms with Crippen molar-refractivity contribution in [1.29, 1.82) is 0 Å². The van der Waals surface area contributed by atoms with E-state index >= 15 is 0 Å². The maximum absolute atomic E-state index is 12.8. The Labute approximate surface area is 194 Å². The van der Waals surface area contributed by atoms with Gasteiger partial charge in [-0.25, -0.2) is 0 Å². The molecule has 5 atom stereocenters. The summed E-state index contributed by atoms with van der Waals surface area (Å²) in [5.41, 5.74) is 2.48. The second kappa shape index (κ2) is 9.37. The Balaban J connectivity index is 1.49. The van der Waals surface area contributed by atoms with Crippen LogP contribution in [-0.2, 0) is 22.5 Å². The van der Waals surface area contributed by atoms with Crippen molar-refractivity contribution in [3.05, 3.63) is 35.8 Å². The molecule has 3 aliphatic rings. The van der Waals surface area contributed by atoms with E-state index in [-0.39, 0.29) is 16.8 Å². The largest absolute Gasteiger partial charge is 0.469 e. The molecule has 0 aromatic carbocycles. The van der Waals surface area contributed by atoms with Crippen LogP contribution in [0.1, 0.15) is 89.9 Å². The summed E-state index contributed by atoms with van der Waals surface area (Å²) in [4.78, 5) is 15.4. The van der Waals surface area contributed by atoms with Gasteiger partial charge in [0.2, 0.25) is 0 Å². The van der Waals surface area contributed by atoms with Crippen molar-refractivity contribution in [3.63, 3.8) is 0 Å². The van der Waals surface area contributed by atoms with Gasteiger partial charge in [0.25, 0.3) is 0 Å². The van der Waals surface area contributed by atoms with Crippen LogP contribution < -0.4 is 0 Å². The summed E-state index contributed by atoms with van der Waals surface area (Å²) in [5.74, 6) is 1.93. The molecule has 0 spiro atoms. The van der Waals surface area contributed by atoms with Crippen LogP contribution in [0.2, 0.25) is 0 Å². The van der Waals surface area contributed by atoms with Gasteiger partial charge in [-0.3, -0.25) is 9.69 Å². The van der Waals surface area contributed by atoms with Gasteiger partial charge in [0, 0.05) is 6.04 Å². The lowest BCUT2D eigenvalue weighted by Crippen LogP contribution is -2.53. The topological polar surface area (TPSA) is 42.7 Å². The second-order valence-electron chi connectivity index (χ2n) is 11.3. The van der Waals surface area contributed by atoms with Gasteiger partial charge in [0.05, 0.1) is 25.3 Å². The summed E-state index contributed by atoms with van der Waals surface area (Å²) in [6, 6.07) is 2.81. The molecule has 2 saturated carbocycles. The molecule has 4 heteroatoms. The monoisotopic (exact) mass is 441 g/mol. The van der Waals surface area contributed by atoms with Crippen molar-refractivity contribution in [2.24, 2.45) is 22.7 Å². The van der Waals surface area contributed by atoms with Crippen LogP contribution in [-0.4, -0.2) is 30.6 Å². The number of likely N-dealkylation sites (tertiary alicyclic amines) is 1. The number of hydrogen-bond acceptors (Lipinski definition) is 4. The minimum atomic E-state index is -0.369. The number of nitrogens with zero attached hydrogens (tertiary/aromatic N) is 1. The summed E-state index contributed by atoms with van der Waals surface area (Å²) in [6.45, 7) is 13.5. The highest BCUT2D eigenvalue weighted by molar-refractivity contribution is 5.77. The predicted octanol–water partition coefficient (Wildman–Crippen LogP) is 6.54. The van der Waals surface area contributed by atoms with Crippen LogP contribution in [0.5, 0.6) is 0 Å². The zero-order valence-corrected chi connectivity index (χ0v) is 20.8. The maximum Gasteiger partial charge on any atom is 0.311 e. The molecule has 2 heterocycles. The molecule has 0 N–H and O–H groups in total. The highest BCUT2D eigenvalue weighted by Crippen LogP contribution is 2.62. The molecule has 0 amide bonds. The van der Waals surface area contributed by atoms with E-state index in [4.69, 9.17) is 9.15 Å². The van der Waals surface area contributed by atoms with Crippen molar-refractivity contribution in [2.45, 2.75) is 97.6 Å².